The zero-order valence-corrected chi connectivity index (χ0v) is 12.1. The van der Waals surface area contributed by atoms with Gasteiger partial charge >= 0.3 is 5.97 Å². The topological polar surface area (TPSA) is 59.3 Å². The van der Waals surface area contributed by atoms with Gasteiger partial charge in [-0.15, -0.1) is 0 Å². The van der Waals surface area contributed by atoms with Crippen LogP contribution in [-0.2, 0) is 11.3 Å². The number of halogens is 2. The molecule has 0 saturated carbocycles. The summed E-state index contributed by atoms with van der Waals surface area (Å²) in [5, 5.41) is 10.2. The van der Waals surface area contributed by atoms with Crippen molar-refractivity contribution < 1.29 is 9.90 Å². The van der Waals surface area contributed by atoms with E-state index in [2.05, 4.69) is 0 Å². The molecular weight excluding hydrogens is 313 g/mol. The van der Waals surface area contributed by atoms with Crippen LogP contribution in [0.15, 0.2) is 41.2 Å². The van der Waals surface area contributed by atoms with Crippen LogP contribution in [0.1, 0.15) is 0 Å². The number of aliphatic carboxylic acids is 1. The number of pyridine rings is 1. The fraction of sp³-hybridized carbons (Fsp3) is 0.0667. The van der Waals surface area contributed by atoms with Crippen LogP contribution in [0.4, 0.5) is 0 Å². The molecule has 0 aliphatic heterocycles. The lowest BCUT2D eigenvalue weighted by Crippen LogP contribution is -2.16. The average molecular weight is 322 g/mol. The van der Waals surface area contributed by atoms with Gasteiger partial charge in [0.05, 0.1) is 26.5 Å². The zero-order valence-electron chi connectivity index (χ0n) is 10.6. The highest BCUT2D eigenvalue weighted by Gasteiger charge is 2.16. The number of benzene rings is 2. The van der Waals surface area contributed by atoms with E-state index in [0.29, 0.717) is 16.4 Å². The lowest BCUT2D eigenvalue weighted by molar-refractivity contribution is -0.137. The summed E-state index contributed by atoms with van der Waals surface area (Å²) < 4.78 is 1.55. The molecule has 1 heterocycles. The lowest BCUT2D eigenvalue weighted by Gasteiger charge is -2.14. The highest BCUT2D eigenvalue weighted by Crippen LogP contribution is 2.30. The summed E-state index contributed by atoms with van der Waals surface area (Å²) in [6.45, 7) is -0.269. The number of nitrogens with zero attached hydrogens (tertiary/aromatic N) is 1. The number of fused-ring (bicyclic) bond motifs is 2. The van der Waals surface area contributed by atoms with Crippen LogP contribution in [0, 0.1) is 0 Å². The third kappa shape index (κ3) is 2.17. The number of hydrogen-bond acceptors (Lipinski definition) is 2. The maximum absolute atomic E-state index is 12.6. The predicted molar refractivity (Wildman–Crippen MR) is 83.4 cm³/mol. The molecule has 3 aromatic rings. The van der Waals surface area contributed by atoms with Crippen molar-refractivity contribution in [2.75, 3.05) is 0 Å². The second-order valence-electron chi connectivity index (χ2n) is 4.58. The number of carboxylic acids is 1. The highest BCUT2D eigenvalue weighted by atomic mass is 35.5. The molecule has 0 atom stereocenters. The Kier molecular flexibility index (Phi) is 3.35. The molecule has 0 fully saturated rings. The van der Waals surface area contributed by atoms with Crippen LogP contribution >= 0.6 is 23.2 Å². The molecule has 0 saturated heterocycles. The van der Waals surface area contributed by atoms with Crippen molar-refractivity contribution in [1.29, 1.82) is 0 Å². The quantitative estimate of drug-likeness (QED) is 0.734. The second kappa shape index (κ2) is 5.06. The first-order chi connectivity index (χ1) is 10.0. The van der Waals surface area contributed by atoms with Crippen LogP contribution in [0.25, 0.3) is 21.8 Å². The molecule has 3 rings (SSSR count). The summed E-state index contributed by atoms with van der Waals surface area (Å²) in [4.78, 5) is 23.7. The Morgan fingerprint density at radius 3 is 2.52 bits per heavy atom. The number of rotatable bonds is 2. The summed E-state index contributed by atoms with van der Waals surface area (Å²) in [5.74, 6) is -1.00. The van der Waals surface area contributed by atoms with Gasteiger partial charge in [0.15, 0.2) is 5.43 Å². The van der Waals surface area contributed by atoms with E-state index < -0.39 is 5.97 Å². The molecular formula is C15H9Cl2NO3. The Labute approximate surface area is 129 Å². The van der Waals surface area contributed by atoms with Gasteiger partial charge in [-0.2, -0.15) is 0 Å². The molecule has 106 valence electrons. The monoisotopic (exact) mass is 321 g/mol. The third-order valence-electron chi connectivity index (χ3n) is 3.32. The van der Waals surface area contributed by atoms with Crippen molar-refractivity contribution in [2.45, 2.75) is 6.54 Å². The van der Waals surface area contributed by atoms with Gasteiger partial charge in [-0.05, 0) is 24.3 Å². The van der Waals surface area contributed by atoms with Gasteiger partial charge in [-0.1, -0.05) is 35.3 Å². The molecule has 1 N–H and O–H groups in total. The van der Waals surface area contributed by atoms with Crippen molar-refractivity contribution in [3.63, 3.8) is 0 Å². The summed E-state index contributed by atoms with van der Waals surface area (Å²) >= 11 is 12.1. The molecule has 2 aromatic carbocycles. The van der Waals surface area contributed by atoms with Gasteiger partial charge in [0.1, 0.15) is 6.54 Å². The first-order valence-electron chi connectivity index (χ1n) is 6.11. The maximum atomic E-state index is 12.6. The van der Waals surface area contributed by atoms with Gasteiger partial charge in [-0.3, -0.25) is 9.59 Å². The van der Waals surface area contributed by atoms with Gasteiger partial charge < -0.3 is 9.67 Å². The Morgan fingerprint density at radius 2 is 1.81 bits per heavy atom. The van der Waals surface area contributed by atoms with E-state index in [9.17, 15) is 9.59 Å². The van der Waals surface area contributed by atoms with Crippen molar-refractivity contribution in [3.05, 3.63) is 56.7 Å². The molecule has 0 unspecified atom stereocenters. The number of hydrogen-bond donors (Lipinski definition) is 1. The van der Waals surface area contributed by atoms with Crippen LogP contribution in [-0.4, -0.2) is 15.6 Å². The Bertz CT molecular complexity index is 947. The third-order valence-corrected chi connectivity index (χ3v) is 4.13. The molecule has 0 aliphatic carbocycles. The van der Waals surface area contributed by atoms with Crippen molar-refractivity contribution in [3.8, 4) is 0 Å². The van der Waals surface area contributed by atoms with E-state index >= 15 is 0 Å². The minimum Gasteiger partial charge on any atom is -0.480 e. The minimum absolute atomic E-state index is 0.143. The Morgan fingerprint density at radius 1 is 1.10 bits per heavy atom. The normalized spacial score (nSPS) is 11.1. The molecule has 0 bridgehead atoms. The zero-order chi connectivity index (χ0) is 15.1. The first-order valence-corrected chi connectivity index (χ1v) is 6.87. The van der Waals surface area contributed by atoms with E-state index in [4.69, 9.17) is 28.3 Å². The minimum atomic E-state index is -1.00. The van der Waals surface area contributed by atoms with Crippen molar-refractivity contribution in [1.82, 2.24) is 4.57 Å². The molecule has 0 amide bonds. The fourth-order valence-electron chi connectivity index (χ4n) is 2.45. The van der Waals surface area contributed by atoms with Gasteiger partial charge in [0.2, 0.25) is 0 Å². The summed E-state index contributed by atoms with van der Waals surface area (Å²) in [6, 6.07) is 10.00. The van der Waals surface area contributed by atoms with Gasteiger partial charge in [0, 0.05) is 5.39 Å². The van der Waals surface area contributed by atoms with Crippen LogP contribution < -0.4 is 5.43 Å². The smallest absolute Gasteiger partial charge is 0.323 e. The van der Waals surface area contributed by atoms with Crippen molar-refractivity contribution in [2.24, 2.45) is 0 Å². The predicted octanol–water partition coefficient (Wildman–Crippen LogP) is 3.55. The lowest BCUT2D eigenvalue weighted by atomic mass is 10.1. The maximum Gasteiger partial charge on any atom is 0.323 e. The van der Waals surface area contributed by atoms with E-state index in [1.165, 1.54) is 0 Å². The Hall–Kier alpha value is -2.04. The molecule has 0 radical (unpaired) electrons. The SMILES string of the molecule is O=C(O)Cn1c2ccccc2c(=O)c2c(Cl)c(Cl)ccc21. The first kappa shape index (κ1) is 13.9. The molecule has 4 nitrogen and oxygen atoms in total. The number of para-hydroxylation sites is 1. The molecule has 0 spiro atoms. The molecule has 1 aromatic heterocycles. The fourth-order valence-corrected chi connectivity index (χ4v) is 2.86. The standard InChI is InChI=1S/C15H9Cl2NO3/c16-9-5-6-11-13(14(9)17)15(21)8-3-1-2-4-10(8)18(11)7-12(19)20/h1-6H,7H2,(H,19,20). The van der Waals surface area contributed by atoms with E-state index in [-0.39, 0.29) is 27.4 Å². The van der Waals surface area contributed by atoms with Crippen LogP contribution in [0.2, 0.25) is 10.0 Å². The highest BCUT2D eigenvalue weighted by molar-refractivity contribution is 6.45. The number of aromatic nitrogens is 1. The second-order valence-corrected chi connectivity index (χ2v) is 5.37. The van der Waals surface area contributed by atoms with Crippen LogP contribution in [0.5, 0.6) is 0 Å². The van der Waals surface area contributed by atoms with E-state index in [1.54, 1.807) is 41.0 Å². The average Bonchev–Trinajstić information content (AvgIpc) is 2.46. The summed E-state index contributed by atoms with van der Waals surface area (Å²) in [7, 11) is 0. The number of carbonyl (C=O) groups is 1. The van der Waals surface area contributed by atoms with E-state index in [1.807, 2.05) is 0 Å². The molecule has 21 heavy (non-hydrogen) atoms. The largest absolute Gasteiger partial charge is 0.480 e. The summed E-state index contributed by atoms with van der Waals surface area (Å²) in [6.07, 6.45) is 0. The number of carboxylic acid groups (broad SMARTS) is 1. The van der Waals surface area contributed by atoms with Crippen molar-refractivity contribution >= 4 is 51.0 Å². The summed E-state index contributed by atoms with van der Waals surface area (Å²) in [5.41, 5.74) is 0.751. The Balaban J connectivity index is 2.61. The van der Waals surface area contributed by atoms with Gasteiger partial charge in [-0.25, -0.2) is 0 Å². The molecule has 0 aliphatic rings. The molecule has 6 heteroatoms. The van der Waals surface area contributed by atoms with Crippen LogP contribution in [0.3, 0.4) is 0 Å². The van der Waals surface area contributed by atoms with Gasteiger partial charge in [0.25, 0.3) is 0 Å². The van der Waals surface area contributed by atoms with E-state index in [0.717, 1.165) is 0 Å².